The number of rotatable bonds is 1. The molecule has 4 N–H and O–H groups in total. The molecule has 0 atom stereocenters. The maximum Gasteiger partial charge on any atom is 0.416 e. The van der Waals surface area contributed by atoms with E-state index in [0.717, 1.165) is 12.1 Å². The highest BCUT2D eigenvalue weighted by Crippen LogP contribution is 2.29. The number of nitrogens with two attached hydrogens (primary N) is 2. The molecule has 0 bridgehead atoms. The minimum Gasteiger partial charge on any atom is -0.287 e. The minimum absolute atomic E-state index is 0.119. The van der Waals surface area contributed by atoms with Crippen LogP contribution in [0.15, 0.2) is 24.3 Å². The van der Waals surface area contributed by atoms with Crippen molar-refractivity contribution in [3.05, 3.63) is 35.4 Å². The molecular formula is C8H8F3N2+. The van der Waals surface area contributed by atoms with Crippen LogP contribution >= 0.6 is 0 Å². The van der Waals surface area contributed by atoms with Crippen LogP contribution < -0.4 is 11.1 Å². The molecule has 0 heterocycles. The predicted molar refractivity (Wildman–Crippen MR) is 41.7 cm³/mol. The van der Waals surface area contributed by atoms with Crippen LogP contribution in [0.1, 0.15) is 11.1 Å². The van der Waals surface area contributed by atoms with Gasteiger partial charge in [-0.15, -0.1) is 0 Å². The number of amidine groups is 1. The van der Waals surface area contributed by atoms with Gasteiger partial charge in [0.15, 0.2) is 0 Å². The largest absolute Gasteiger partial charge is 0.416 e. The van der Waals surface area contributed by atoms with Gasteiger partial charge in [0.05, 0.1) is 11.1 Å². The van der Waals surface area contributed by atoms with E-state index >= 15 is 0 Å². The molecule has 0 aliphatic carbocycles. The Balaban J connectivity index is 3.13. The Labute approximate surface area is 72.7 Å². The first-order valence-corrected chi connectivity index (χ1v) is 3.47. The molecule has 2 nitrogen and oxygen atoms in total. The summed E-state index contributed by atoms with van der Waals surface area (Å²) in [5.74, 6) is -0.119. The van der Waals surface area contributed by atoms with E-state index in [1.807, 2.05) is 0 Å². The SMILES string of the molecule is NC(=[NH2+])c1cccc(C(F)(F)F)c1. The zero-order valence-corrected chi connectivity index (χ0v) is 6.60. The number of hydrogen-bond acceptors (Lipinski definition) is 0. The van der Waals surface area contributed by atoms with Crippen molar-refractivity contribution in [2.45, 2.75) is 6.18 Å². The molecule has 5 heteroatoms. The monoisotopic (exact) mass is 189 g/mol. The van der Waals surface area contributed by atoms with Gasteiger partial charge in [0.2, 0.25) is 0 Å². The highest BCUT2D eigenvalue weighted by Gasteiger charge is 2.30. The Bertz CT molecular complexity index is 330. The third kappa shape index (κ3) is 2.21. The third-order valence-corrected chi connectivity index (χ3v) is 1.52. The van der Waals surface area contributed by atoms with Crippen LogP contribution in [-0.4, -0.2) is 5.84 Å². The second-order valence-electron chi connectivity index (χ2n) is 2.53. The quantitative estimate of drug-likeness (QED) is 0.480. The van der Waals surface area contributed by atoms with Crippen LogP contribution in [0.2, 0.25) is 0 Å². The Morgan fingerprint density at radius 3 is 2.38 bits per heavy atom. The smallest absolute Gasteiger partial charge is 0.287 e. The van der Waals surface area contributed by atoms with Crippen LogP contribution in [-0.2, 0) is 6.18 Å². The highest BCUT2D eigenvalue weighted by molar-refractivity contribution is 5.92. The predicted octanol–water partition coefficient (Wildman–Crippen LogP) is 0.170. The molecule has 0 aliphatic rings. The second kappa shape index (κ2) is 3.08. The van der Waals surface area contributed by atoms with E-state index in [9.17, 15) is 13.2 Å². The lowest BCUT2D eigenvalue weighted by atomic mass is 10.1. The van der Waals surface area contributed by atoms with E-state index in [-0.39, 0.29) is 11.4 Å². The fourth-order valence-corrected chi connectivity index (χ4v) is 0.875. The fourth-order valence-electron chi connectivity index (χ4n) is 0.875. The maximum atomic E-state index is 12.1. The molecule has 0 spiro atoms. The van der Waals surface area contributed by atoms with Crippen LogP contribution in [0, 0.1) is 0 Å². The zero-order valence-electron chi connectivity index (χ0n) is 6.60. The molecule has 1 aromatic rings. The lowest BCUT2D eigenvalue weighted by Gasteiger charge is -2.06. The molecule has 70 valence electrons. The van der Waals surface area contributed by atoms with Crippen LogP contribution in [0.25, 0.3) is 0 Å². The summed E-state index contributed by atoms with van der Waals surface area (Å²) in [4.78, 5) is 0. The molecule has 0 saturated carbocycles. The van der Waals surface area contributed by atoms with Crippen molar-refractivity contribution in [3.63, 3.8) is 0 Å². The molecule has 13 heavy (non-hydrogen) atoms. The first kappa shape index (κ1) is 9.57. The van der Waals surface area contributed by atoms with Crippen LogP contribution in [0.5, 0.6) is 0 Å². The maximum absolute atomic E-state index is 12.1. The van der Waals surface area contributed by atoms with Gasteiger partial charge in [-0.25, -0.2) is 0 Å². The topological polar surface area (TPSA) is 51.6 Å². The highest BCUT2D eigenvalue weighted by atomic mass is 19.4. The van der Waals surface area contributed by atoms with Gasteiger partial charge < -0.3 is 0 Å². The molecule has 1 rings (SSSR count). The van der Waals surface area contributed by atoms with E-state index in [4.69, 9.17) is 11.1 Å². The van der Waals surface area contributed by atoms with E-state index in [1.54, 1.807) is 0 Å². The Morgan fingerprint density at radius 1 is 1.31 bits per heavy atom. The zero-order chi connectivity index (χ0) is 10.1. The molecule has 0 unspecified atom stereocenters. The van der Waals surface area contributed by atoms with E-state index in [1.165, 1.54) is 12.1 Å². The second-order valence-corrected chi connectivity index (χ2v) is 2.53. The Kier molecular flexibility index (Phi) is 2.27. The average molecular weight is 189 g/mol. The lowest BCUT2D eigenvalue weighted by molar-refractivity contribution is -0.137. The van der Waals surface area contributed by atoms with Crippen molar-refractivity contribution in [2.75, 3.05) is 0 Å². The van der Waals surface area contributed by atoms with E-state index in [0.29, 0.717) is 0 Å². The first-order chi connectivity index (χ1) is 5.91. The summed E-state index contributed by atoms with van der Waals surface area (Å²) in [5, 5.41) is 5.15. The summed E-state index contributed by atoms with van der Waals surface area (Å²) in [6, 6.07) is 4.56. The van der Waals surface area contributed by atoms with Gasteiger partial charge in [0, 0.05) is 0 Å². The van der Waals surface area contributed by atoms with E-state index < -0.39 is 11.7 Å². The first-order valence-electron chi connectivity index (χ1n) is 3.47. The van der Waals surface area contributed by atoms with Gasteiger partial charge in [0.25, 0.3) is 5.84 Å². The molecule has 1 aromatic carbocycles. The van der Waals surface area contributed by atoms with Crippen LogP contribution in [0.4, 0.5) is 13.2 Å². The van der Waals surface area contributed by atoms with Gasteiger partial charge in [-0.2, -0.15) is 13.2 Å². The molecule has 0 saturated heterocycles. The molecular weight excluding hydrogens is 181 g/mol. The third-order valence-electron chi connectivity index (χ3n) is 1.52. The Hall–Kier alpha value is -1.52. The van der Waals surface area contributed by atoms with Gasteiger partial charge >= 0.3 is 6.18 Å². The summed E-state index contributed by atoms with van der Waals surface area (Å²) in [5.41, 5.74) is 4.59. The number of benzene rings is 1. The van der Waals surface area contributed by atoms with Crippen molar-refractivity contribution in [1.29, 1.82) is 0 Å². The van der Waals surface area contributed by atoms with Crippen molar-refractivity contribution < 1.29 is 18.6 Å². The number of alkyl halides is 3. The molecule has 0 aliphatic heterocycles. The van der Waals surface area contributed by atoms with Crippen molar-refractivity contribution >= 4 is 5.84 Å². The number of halogens is 3. The van der Waals surface area contributed by atoms with Gasteiger partial charge in [-0.3, -0.25) is 11.1 Å². The number of hydrogen-bond donors (Lipinski definition) is 2. The van der Waals surface area contributed by atoms with E-state index in [2.05, 4.69) is 0 Å². The molecule has 0 aromatic heterocycles. The summed E-state index contributed by atoms with van der Waals surface area (Å²) in [6.07, 6.45) is -4.36. The Morgan fingerprint density at radius 2 is 1.92 bits per heavy atom. The average Bonchev–Trinajstić information content (AvgIpc) is 2.03. The standard InChI is InChI=1S/C8H7F3N2/c9-8(10,11)6-3-1-2-5(4-6)7(12)13/h1-4H,(H3,12,13)/p+1. The van der Waals surface area contributed by atoms with Crippen molar-refractivity contribution in [3.8, 4) is 0 Å². The summed E-state index contributed by atoms with van der Waals surface area (Å²) in [7, 11) is 0. The van der Waals surface area contributed by atoms with Crippen molar-refractivity contribution in [1.82, 2.24) is 0 Å². The molecule has 0 fully saturated rings. The van der Waals surface area contributed by atoms with Crippen LogP contribution in [0.3, 0.4) is 0 Å². The van der Waals surface area contributed by atoms with Crippen molar-refractivity contribution in [2.24, 2.45) is 5.73 Å². The van der Waals surface area contributed by atoms with Gasteiger partial charge in [0.1, 0.15) is 0 Å². The lowest BCUT2D eigenvalue weighted by Crippen LogP contribution is -2.46. The summed E-state index contributed by atoms with van der Waals surface area (Å²) >= 11 is 0. The summed E-state index contributed by atoms with van der Waals surface area (Å²) < 4.78 is 36.4. The minimum atomic E-state index is -4.36. The van der Waals surface area contributed by atoms with Gasteiger partial charge in [-0.05, 0) is 18.2 Å². The fraction of sp³-hybridized carbons (Fsp3) is 0.125. The normalized spacial score (nSPS) is 11.3. The molecule has 0 amide bonds. The molecule has 0 radical (unpaired) electrons. The van der Waals surface area contributed by atoms with Gasteiger partial charge in [-0.1, -0.05) is 6.07 Å². The summed E-state index contributed by atoms with van der Waals surface area (Å²) in [6.45, 7) is 0.